The minimum atomic E-state index is -0.391. The molecule has 0 saturated carbocycles. The number of hydrazone groups is 1. The summed E-state index contributed by atoms with van der Waals surface area (Å²) < 4.78 is 40.1. The average molecular weight is 483 g/mol. The first kappa shape index (κ1) is 23.3. The fourth-order valence-corrected chi connectivity index (χ4v) is 4.13. The molecule has 1 heterocycles. The zero-order valence-electron chi connectivity index (χ0n) is 19.1. The highest BCUT2D eigenvalue weighted by Gasteiger charge is 2.30. The zero-order valence-corrected chi connectivity index (χ0v) is 19.1. The number of nitrogens with zero attached hydrogens (tertiary/aromatic N) is 2. The summed E-state index contributed by atoms with van der Waals surface area (Å²) in [6.45, 7) is 0. The molecule has 1 aliphatic heterocycles. The second kappa shape index (κ2) is 10.0. The lowest BCUT2D eigenvalue weighted by atomic mass is 9.98. The first-order valence-electron chi connectivity index (χ1n) is 11.4. The topological polar surface area (TPSA) is 32.7 Å². The van der Waals surface area contributed by atoms with E-state index in [1.54, 1.807) is 30.3 Å². The van der Waals surface area contributed by atoms with Crippen molar-refractivity contribution in [3.8, 4) is 0 Å². The Bertz CT molecular complexity index is 1430. The molecule has 0 saturated heterocycles. The Hall–Kier alpha value is -4.45. The van der Waals surface area contributed by atoms with Gasteiger partial charge in [-0.3, -0.25) is 9.80 Å². The minimum absolute atomic E-state index is 0.160. The van der Waals surface area contributed by atoms with Crippen molar-refractivity contribution < 1.29 is 18.0 Å². The van der Waals surface area contributed by atoms with Crippen LogP contribution in [0.15, 0.2) is 108 Å². The average Bonchev–Trinajstić information content (AvgIpc) is 3.34. The van der Waals surface area contributed by atoms with E-state index in [-0.39, 0.29) is 23.5 Å². The maximum Gasteiger partial charge on any atom is 0.185 e. The third-order valence-corrected chi connectivity index (χ3v) is 6.06. The predicted molar refractivity (Wildman–Crippen MR) is 135 cm³/mol. The summed E-state index contributed by atoms with van der Waals surface area (Å²) in [6, 6.07) is 25.3. The van der Waals surface area contributed by atoms with E-state index in [1.165, 1.54) is 54.6 Å². The molecule has 0 aromatic heterocycles. The van der Waals surface area contributed by atoms with Crippen molar-refractivity contribution in [3.05, 3.63) is 143 Å². The normalized spacial score (nSPS) is 15.4. The van der Waals surface area contributed by atoms with Crippen molar-refractivity contribution in [1.29, 1.82) is 0 Å². The number of anilines is 1. The Morgan fingerprint density at radius 2 is 1.31 bits per heavy atom. The van der Waals surface area contributed by atoms with Gasteiger partial charge in [-0.25, -0.2) is 13.2 Å². The van der Waals surface area contributed by atoms with E-state index in [1.807, 2.05) is 29.3 Å². The van der Waals surface area contributed by atoms with Gasteiger partial charge in [0.15, 0.2) is 5.78 Å². The SMILES string of the molecule is O=C(C=Cc1ccc(N2N=C(c3ccc(F)cc3)CC2c2ccc(F)cc2)cc1)c1ccc(F)cc1. The fraction of sp³-hybridized carbons (Fsp3) is 0.0667. The molecule has 1 atom stereocenters. The minimum Gasteiger partial charge on any atom is -0.289 e. The molecular weight excluding hydrogens is 461 g/mol. The number of carbonyl (C=O) groups excluding carboxylic acids is 1. The second-order valence-electron chi connectivity index (χ2n) is 8.47. The van der Waals surface area contributed by atoms with Crippen LogP contribution in [0, 0.1) is 17.5 Å². The van der Waals surface area contributed by atoms with Gasteiger partial charge in [-0.05, 0) is 83.4 Å². The molecule has 4 aromatic carbocycles. The molecule has 1 aliphatic rings. The maximum absolute atomic E-state index is 13.5. The fourth-order valence-electron chi connectivity index (χ4n) is 4.13. The molecule has 3 nitrogen and oxygen atoms in total. The van der Waals surface area contributed by atoms with E-state index >= 15 is 0 Å². The smallest absolute Gasteiger partial charge is 0.185 e. The van der Waals surface area contributed by atoms with Crippen LogP contribution in [0.1, 0.15) is 39.5 Å². The van der Waals surface area contributed by atoms with Gasteiger partial charge in [-0.15, -0.1) is 0 Å². The van der Waals surface area contributed by atoms with Crippen LogP contribution < -0.4 is 5.01 Å². The Labute approximate surface area is 206 Å². The molecule has 36 heavy (non-hydrogen) atoms. The van der Waals surface area contributed by atoms with Crippen molar-refractivity contribution in [3.63, 3.8) is 0 Å². The van der Waals surface area contributed by atoms with Gasteiger partial charge in [-0.1, -0.05) is 42.5 Å². The highest BCUT2D eigenvalue weighted by atomic mass is 19.1. The van der Waals surface area contributed by atoms with Crippen LogP contribution in [-0.2, 0) is 0 Å². The first-order chi connectivity index (χ1) is 17.5. The van der Waals surface area contributed by atoms with Crippen LogP contribution in [0.3, 0.4) is 0 Å². The Morgan fingerprint density at radius 1 is 0.750 bits per heavy atom. The van der Waals surface area contributed by atoms with Gasteiger partial charge in [0, 0.05) is 12.0 Å². The molecular formula is C30H21F3N2O. The molecule has 0 fully saturated rings. The predicted octanol–water partition coefficient (Wildman–Crippen LogP) is 7.36. The number of allylic oxidation sites excluding steroid dienone is 1. The number of rotatable bonds is 6. The van der Waals surface area contributed by atoms with Gasteiger partial charge >= 0.3 is 0 Å². The van der Waals surface area contributed by atoms with Gasteiger partial charge in [0.05, 0.1) is 17.4 Å². The van der Waals surface area contributed by atoms with E-state index in [9.17, 15) is 18.0 Å². The summed E-state index contributed by atoms with van der Waals surface area (Å²) in [4.78, 5) is 12.3. The van der Waals surface area contributed by atoms with Gasteiger partial charge < -0.3 is 0 Å². The Balaban J connectivity index is 1.40. The molecule has 4 aromatic rings. The summed E-state index contributed by atoms with van der Waals surface area (Å²) in [5, 5.41) is 6.70. The van der Waals surface area contributed by atoms with Crippen molar-refractivity contribution in [2.45, 2.75) is 12.5 Å². The molecule has 0 aliphatic carbocycles. The third kappa shape index (κ3) is 5.13. The van der Waals surface area contributed by atoms with Gasteiger partial charge in [0.25, 0.3) is 0 Å². The van der Waals surface area contributed by atoms with Crippen LogP contribution >= 0.6 is 0 Å². The van der Waals surface area contributed by atoms with E-state index < -0.39 is 5.82 Å². The summed E-state index contributed by atoms with van der Waals surface area (Å²) >= 11 is 0. The lowest BCUT2D eigenvalue weighted by Gasteiger charge is -2.24. The number of hydrogen-bond donors (Lipinski definition) is 0. The molecule has 5 rings (SSSR count). The first-order valence-corrected chi connectivity index (χ1v) is 11.4. The molecule has 0 spiro atoms. The lowest BCUT2D eigenvalue weighted by molar-refractivity contribution is 0.104. The summed E-state index contributed by atoms with van der Waals surface area (Å²) in [6.07, 6.45) is 3.72. The molecule has 178 valence electrons. The second-order valence-corrected chi connectivity index (χ2v) is 8.47. The summed E-state index contributed by atoms with van der Waals surface area (Å²) in [5.74, 6) is -1.24. The van der Waals surface area contributed by atoms with Crippen molar-refractivity contribution in [1.82, 2.24) is 0 Å². The number of halogens is 3. The molecule has 0 bridgehead atoms. The van der Waals surface area contributed by atoms with Gasteiger partial charge in [0.1, 0.15) is 17.5 Å². The summed E-state index contributed by atoms with van der Waals surface area (Å²) in [5.41, 5.74) is 4.58. The molecule has 6 heteroatoms. The van der Waals surface area contributed by atoms with Gasteiger partial charge in [0.2, 0.25) is 0 Å². The quantitative estimate of drug-likeness (QED) is 0.213. The van der Waals surface area contributed by atoms with E-state index in [2.05, 4.69) is 0 Å². The largest absolute Gasteiger partial charge is 0.289 e. The number of benzene rings is 4. The third-order valence-electron chi connectivity index (χ3n) is 6.06. The van der Waals surface area contributed by atoms with Crippen molar-refractivity contribution in [2.75, 3.05) is 5.01 Å². The van der Waals surface area contributed by atoms with Crippen LogP contribution in [-0.4, -0.2) is 11.5 Å². The molecule has 0 N–H and O–H groups in total. The standard InChI is InChI=1S/C30H21F3N2O/c31-24-10-4-21(5-11-24)28-19-29(22-6-12-25(32)13-7-22)35(34-28)27-16-1-20(2-17-27)3-18-30(36)23-8-14-26(33)15-9-23/h1-18,29H,19H2. The Morgan fingerprint density at radius 3 is 1.92 bits per heavy atom. The highest BCUT2D eigenvalue weighted by molar-refractivity contribution is 6.06. The van der Waals surface area contributed by atoms with Crippen LogP contribution in [0.2, 0.25) is 0 Å². The maximum atomic E-state index is 13.5. The van der Waals surface area contributed by atoms with E-state index in [0.29, 0.717) is 12.0 Å². The Kier molecular flexibility index (Phi) is 6.50. The monoisotopic (exact) mass is 482 g/mol. The van der Waals surface area contributed by atoms with E-state index in [4.69, 9.17) is 5.10 Å². The van der Waals surface area contributed by atoms with Crippen molar-refractivity contribution >= 4 is 23.3 Å². The van der Waals surface area contributed by atoms with Crippen molar-refractivity contribution in [2.24, 2.45) is 5.10 Å². The van der Waals surface area contributed by atoms with Gasteiger partial charge in [-0.2, -0.15) is 5.10 Å². The van der Waals surface area contributed by atoms with E-state index in [0.717, 1.165) is 28.1 Å². The van der Waals surface area contributed by atoms with Crippen LogP contribution in [0.25, 0.3) is 6.08 Å². The number of carbonyl (C=O) groups is 1. The van der Waals surface area contributed by atoms with Crippen LogP contribution in [0.4, 0.5) is 18.9 Å². The lowest BCUT2D eigenvalue weighted by Crippen LogP contribution is -2.18. The highest BCUT2D eigenvalue weighted by Crippen LogP contribution is 2.37. The zero-order chi connectivity index (χ0) is 25.1. The molecule has 0 radical (unpaired) electrons. The van der Waals surface area contributed by atoms with Crippen LogP contribution in [0.5, 0.6) is 0 Å². The summed E-state index contributed by atoms with van der Waals surface area (Å²) in [7, 11) is 0. The molecule has 0 amide bonds. The number of hydrogen-bond acceptors (Lipinski definition) is 3. The molecule has 1 unspecified atom stereocenters. The number of ketones is 1.